The maximum Gasteiger partial charge on any atom is 0.150 e. The molecule has 0 aromatic heterocycles. The summed E-state index contributed by atoms with van der Waals surface area (Å²) < 4.78 is 23.8. The molecule has 0 fully saturated rings. The number of nitrogens with two attached hydrogens (primary N) is 1. The predicted molar refractivity (Wildman–Crippen MR) is 130 cm³/mol. The molecule has 0 saturated heterocycles. The van der Waals surface area contributed by atoms with Crippen molar-refractivity contribution >= 4 is 33.8 Å². The average molecular weight is 471 g/mol. The molecule has 2 N–H and O–H groups in total. The van der Waals surface area contributed by atoms with E-state index in [9.17, 15) is 8.42 Å². The molecule has 0 radical (unpaired) electrons. The number of unbranched alkanes of at least 4 members (excludes halogenated alkanes) is 1. The monoisotopic (exact) mass is 469 g/mol. The lowest BCUT2D eigenvalue weighted by atomic mass is 9.76. The number of aryl methyl sites for hydroxylation is 2. The summed E-state index contributed by atoms with van der Waals surface area (Å²) in [5.74, 6) is 0.894. The highest BCUT2D eigenvalue weighted by molar-refractivity contribution is 7.91. The van der Waals surface area contributed by atoms with E-state index in [0.717, 1.165) is 43.5 Å². The van der Waals surface area contributed by atoms with Gasteiger partial charge in [0.1, 0.15) is 9.84 Å². The van der Waals surface area contributed by atoms with Gasteiger partial charge in [0.05, 0.1) is 5.75 Å². The number of rotatable bonds is 9. The Bertz CT molecular complexity index is 931. The summed E-state index contributed by atoms with van der Waals surface area (Å²) in [7, 11) is -2.88. The number of hydrogen-bond acceptors (Lipinski definition) is 3. The molecule has 0 bridgehead atoms. The third kappa shape index (κ3) is 6.98. The van der Waals surface area contributed by atoms with Gasteiger partial charge in [-0.1, -0.05) is 48.9 Å². The van der Waals surface area contributed by atoms with Crippen LogP contribution in [0.5, 0.6) is 0 Å². The molecule has 2 aromatic carbocycles. The molecule has 0 amide bonds. The molecule has 2 unspecified atom stereocenters. The molecule has 2 aromatic rings. The Morgan fingerprint density at radius 3 is 2.60 bits per heavy atom. The summed E-state index contributed by atoms with van der Waals surface area (Å²) in [6.45, 7) is 1.91. The van der Waals surface area contributed by atoms with Crippen molar-refractivity contribution in [2.75, 3.05) is 11.5 Å². The largest absolute Gasteiger partial charge is 0.327 e. The minimum Gasteiger partial charge on any atom is -0.327 e. The van der Waals surface area contributed by atoms with Crippen molar-refractivity contribution in [2.45, 2.75) is 63.8 Å². The van der Waals surface area contributed by atoms with E-state index in [4.69, 9.17) is 17.3 Å². The highest BCUT2D eigenvalue weighted by Crippen LogP contribution is 2.35. The molecule has 1 aliphatic rings. The smallest absolute Gasteiger partial charge is 0.150 e. The average Bonchev–Trinajstić information content (AvgIpc) is 2.67. The summed E-state index contributed by atoms with van der Waals surface area (Å²) in [6, 6.07) is 15.0. The first-order valence-corrected chi connectivity index (χ1v) is 12.9. The number of sulfone groups is 1. The minimum absolute atomic E-state index is 0. The van der Waals surface area contributed by atoms with E-state index in [0.29, 0.717) is 23.8 Å². The molecule has 0 spiro atoms. The predicted octanol–water partition coefficient (Wildman–Crippen LogP) is 5.51. The van der Waals surface area contributed by atoms with Crippen LogP contribution < -0.4 is 5.73 Å². The van der Waals surface area contributed by atoms with Crippen molar-refractivity contribution in [2.24, 2.45) is 5.73 Å². The van der Waals surface area contributed by atoms with Gasteiger partial charge in [0.15, 0.2) is 0 Å². The van der Waals surface area contributed by atoms with Crippen LogP contribution in [0, 0.1) is 0 Å². The minimum atomic E-state index is -2.88. The molecule has 0 heterocycles. The summed E-state index contributed by atoms with van der Waals surface area (Å²) >= 11 is 6.17. The van der Waals surface area contributed by atoms with Gasteiger partial charge in [-0.3, -0.25) is 0 Å². The van der Waals surface area contributed by atoms with Crippen LogP contribution in [-0.4, -0.2) is 26.0 Å². The third-order valence-electron chi connectivity index (χ3n) is 5.90. The molecule has 0 aliphatic heterocycles. The van der Waals surface area contributed by atoms with E-state index in [-0.39, 0.29) is 18.4 Å². The lowest BCUT2D eigenvalue weighted by Crippen LogP contribution is -2.34. The second-order valence-electron chi connectivity index (χ2n) is 8.29. The van der Waals surface area contributed by atoms with E-state index in [1.54, 1.807) is 0 Å². The normalized spacial score (nSPS) is 18.5. The zero-order valence-corrected chi connectivity index (χ0v) is 20.0. The molecular weight excluding hydrogens is 437 g/mol. The lowest BCUT2D eigenvalue weighted by molar-refractivity contribution is 0.467. The molecule has 1 aliphatic carbocycles. The van der Waals surface area contributed by atoms with Gasteiger partial charge in [0, 0.05) is 22.7 Å². The molecule has 2 atom stereocenters. The van der Waals surface area contributed by atoms with Crippen LogP contribution in [0.25, 0.3) is 0 Å². The highest BCUT2D eigenvalue weighted by atomic mass is 35.5. The fraction of sp³-hybridized carbons (Fsp3) is 0.500. The first-order valence-electron chi connectivity index (χ1n) is 10.7. The molecule has 30 heavy (non-hydrogen) atoms. The summed E-state index contributed by atoms with van der Waals surface area (Å²) in [5, 5.41) is 0.763. The van der Waals surface area contributed by atoms with Crippen LogP contribution in [0.4, 0.5) is 0 Å². The molecule has 0 saturated carbocycles. The number of benzene rings is 2. The zero-order chi connectivity index (χ0) is 20.9. The maximum absolute atomic E-state index is 11.9. The molecule has 166 valence electrons. The van der Waals surface area contributed by atoms with Crippen LogP contribution in [0.15, 0.2) is 42.5 Å². The van der Waals surface area contributed by atoms with E-state index >= 15 is 0 Å². The van der Waals surface area contributed by atoms with Crippen molar-refractivity contribution in [3.05, 3.63) is 69.7 Å². The van der Waals surface area contributed by atoms with Gasteiger partial charge < -0.3 is 5.73 Å². The fourth-order valence-corrected chi connectivity index (χ4v) is 6.05. The van der Waals surface area contributed by atoms with Crippen LogP contribution in [-0.2, 0) is 29.1 Å². The van der Waals surface area contributed by atoms with Crippen molar-refractivity contribution in [1.82, 2.24) is 0 Å². The Balaban J connectivity index is 0.00000320. The van der Waals surface area contributed by atoms with Crippen molar-refractivity contribution in [3.63, 3.8) is 0 Å². The Kier molecular flexibility index (Phi) is 9.67. The zero-order valence-electron chi connectivity index (χ0n) is 17.6. The summed E-state index contributed by atoms with van der Waals surface area (Å²) in [6.07, 6.45) is 6.16. The third-order valence-corrected chi connectivity index (χ3v) is 8.08. The van der Waals surface area contributed by atoms with Gasteiger partial charge in [-0.25, -0.2) is 8.42 Å². The standard InChI is InChI=1S/C24H32ClNO2S.ClH/c1-2-13-29(27,28)14-4-3-6-18-9-10-20-11-12-24(26)23(22(20)16-18)17-19-7-5-8-21(25)15-19;/h5,7-10,15-16,23-24H,2-4,6,11-14,17,26H2,1H3;1H. The second-order valence-corrected chi connectivity index (χ2v) is 11.0. The van der Waals surface area contributed by atoms with Gasteiger partial charge in [-0.2, -0.15) is 0 Å². The molecular formula is C24H33Cl2NO2S. The SMILES string of the molecule is CCCS(=O)(=O)CCCCc1ccc2c(c1)C(Cc1cccc(Cl)c1)C(N)CC2.Cl. The first-order chi connectivity index (χ1) is 13.9. The van der Waals surface area contributed by atoms with Crippen LogP contribution in [0.1, 0.15) is 60.8 Å². The van der Waals surface area contributed by atoms with Crippen LogP contribution in [0.2, 0.25) is 5.02 Å². The quantitative estimate of drug-likeness (QED) is 0.492. The van der Waals surface area contributed by atoms with Crippen LogP contribution >= 0.6 is 24.0 Å². The van der Waals surface area contributed by atoms with E-state index in [1.807, 2.05) is 25.1 Å². The molecule has 3 rings (SSSR count). The Labute approximate surface area is 192 Å². The number of hydrogen-bond donors (Lipinski definition) is 1. The van der Waals surface area contributed by atoms with Crippen molar-refractivity contribution in [1.29, 1.82) is 0 Å². The molecule has 3 nitrogen and oxygen atoms in total. The summed E-state index contributed by atoms with van der Waals surface area (Å²) in [5.41, 5.74) is 11.8. The number of fused-ring (bicyclic) bond motifs is 1. The van der Waals surface area contributed by atoms with Crippen molar-refractivity contribution < 1.29 is 8.42 Å². The molecule has 6 heteroatoms. The fourth-order valence-electron chi connectivity index (χ4n) is 4.37. The van der Waals surface area contributed by atoms with Gasteiger partial charge in [0.2, 0.25) is 0 Å². The van der Waals surface area contributed by atoms with E-state index < -0.39 is 9.84 Å². The van der Waals surface area contributed by atoms with E-state index in [2.05, 4.69) is 24.3 Å². The van der Waals surface area contributed by atoms with Gasteiger partial charge in [-0.15, -0.1) is 12.4 Å². The highest BCUT2D eigenvalue weighted by Gasteiger charge is 2.27. The van der Waals surface area contributed by atoms with E-state index in [1.165, 1.54) is 22.3 Å². The maximum atomic E-state index is 11.9. The Hall–Kier alpha value is -1.07. The topological polar surface area (TPSA) is 60.2 Å². The van der Waals surface area contributed by atoms with Crippen molar-refractivity contribution in [3.8, 4) is 0 Å². The lowest BCUT2D eigenvalue weighted by Gasteiger charge is -2.32. The summed E-state index contributed by atoms with van der Waals surface area (Å²) in [4.78, 5) is 0. The first kappa shape index (κ1) is 25.2. The second kappa shape index (κ2) is 11.5. The van der Waals surface area contributed by atoms with Gasteiger partial charge in [-0.05, 0) is 79.3 Å². The van der Waals surface area contributed by atoms with Crippen LogP contribution in [0.3, 0.4) is 0 Å². The number of halogens is 2. The van der Waals surface area contributed by atoms with Gasteiger partial charge in [0.25, 0.3) is 0 Å². The van der Waals surface area contributed by atoms with Gasteiger partial charge >= 0.3 is 0 Å². The Morgan fingerprint density at radius 1 is 1.07 bits per heavy atom. The Morgan fingerprint density at radius 2 is 1.87 bits per heavy atom.